The zero-order valence-electron chi connectivity index (χ0n) is 9.17. The molecule has 0 aromatic carbocycles. The summed E-state index contributed by atoms with van der Waals surface area (Å²) in [6.07, 6.45) is 6.22. The van der Waals surface area contributed by atoms with Crippen molar-refractivity contribution < 1.29 is 9.90 Å². The highest BCUT2D eigenvalue weighted by Gasteiger charge is 2.29. The molecule has 2 rings (SSSR count). The largest absolute Gasteiger partial charge is 0.480 e. The number of carboxylic acid groups (broad SMARTS) is 1. The van der Waals surface area contributed by atoms with Gasteiger partial charge in [-0.1, -0.05) is 0 Å². The Morgan fingerprint density at radius 1 is 1.50 bits per heavy atom. The molecule has 0 saturated carbocycles. The van der Waals surface area contributed by atoms with Crippen LogP contribution in [0, 0.1) is 0 Å². The summed E-state index contributed by atoms with van der Waals surface area (Å²) in [5.41, 5.74) is 1.21. The van der Waals surface area contributed by atoms with E-state index in [9.17, 15) is 4.79 Å². The number of nitrogens with zero attached hydrogens (tertiary/aromatic N) is 2. The highest BCUT2D eigenvalue weighted by Crippen LogP contribution is 2.17. The molecule has 86 valence electrons. The molecule has 1 unspecified atom stereocenters. The van der Waals surface area contributed by atoms with Crippen molar-refractivity contribution in [3.63, 3.8) is 0 Å². The number of pyridine rings is 1. The normalized spacial score (nSPS) is 21.1. The quantitative estimate of drug-likeness (QED) is 0.827. The van der Waals surface area contributed by atoms with E-state index < -0.39 is 5.97 Å². The third-order valence-corrected chi connectivity index (χ3v) is 3.09. The van der Waals surface area contributed by atoms with Gasteiger partial charge < -0.3 is 5.11 Å². The second kappa shape index (κ2) is 5.07. The second-order valence-corrected chi connectivity index (χ2v) is 4.14. The van der Waals surface area contributed by atoms with Gasteiger partial charge in [0.1, 0.15) is 6.04 Å². The fourth-order valence-corrected chi connectivity index (χ4v) is 2.20. The highest BCUT2D eigenvalue weighted by molar-refractivity contribution is 5.73. The van der Waals surface area contributed by atoms with Gasteiger partial charge in [-0.2, -0.15) is 0 Å². The predicted octanol–water partition coefficient (Wildman–Crippen LogP) is 1.17. The lowest BCUT2D eigenvalue weighted by Crippen LogP contribution is -2.37. The van der Waals surface area contributed by atoms with Gasteiger partial charge in [0.05, 0.1) is 0 Å². The van der Waals surface area contributed by atoms with Gasteiger partial charge in [0.2, 0.25) is 0 Å². The first-order chi connectivity index (χ1) is 7.77. The maximum Gasteiger partial charge on any atom is 0.320 e. The average Bonchev–Trinajstić information content (AvgIpc) is 2.76. The maximum atomic E-state index is 11.0. The van der Waals surface area contributed by atoms with Gasteiger partial charge in [-0.15, -0.1) is 0 Å². The van der Waals surface area contributed by atoms with Gasteiger partial charge in [0.25, 0.3) is 0 Å². The minimum Gasteiger partial charge on any atom is -0.480 e. The van der Waals surface area contributed by atoms with E-state index in [0.29, 0.717) is 0 Å². The van der Waals surface area contributed by atoms with E-state index in [1.165, 1.54) is 5.56 Å². The molecule has 16 heavy (non-hydrogen) atoms. The molecule has 0 bridgehead atoms. The van der Waals surface area contributed by atoms with E-state index in [2.05, 4.69) is 9.88 Å². The molecule has 1 fully saturated rings. The van der Waals surface area contributed by atoms with E-state index in [1.54, 1.807) is 12.4 Å². The van der Waals surface area contributed by atoms with E-state index in [4.69, 9.17) is 5.11 Å². The van der Waals surface area contributed by atoms with Crippen LogP contribution in [-0.2, 0) is 11.2 Å². The number of likely N-dealkylation sites (tertiary alicyclic amines) is 1. The lowest BCUT2D eigenvalue weighted by atomic mass is 10.2. The number of carbonyl (C=O) groups is 1. The molecule has 1 aliphatic rings. The molecule has 1 aliphatic heterocycles. The molecular formula is C12H16N2O2. The van der Waals surface area contributed by atoms with Crippen molar-refractivity contribution in [2.75, 3.05) is 13.1 Å². The van der Waals surface area contributed by atoms with Crippen LogP contribution in [0.1, 0.15) is 18.4 Å². The van der Waals surface area contributed by atoms with Crippen LogP contribution in [0.4, 0.5) is 0 Å². The summed E-state index contributed by atoms with van der Waals surface area (Å²) in [4.78, 5) is 17.0. The maximum absolute atomic E-state index is 11.0. The molecular weight excluding hydrogens is 204 g/mol. The highest BCUT2D eigenvalue weighted by atomic mass is 16.4. The van der Waals surface area contributed by atoms with Crippen LogP contribution in [0.5, 0.6) is 0 Å². The summed E-state index contributed by atoms with van der Waals surface area (Å²) in [5.74, 6) is -0.688. The van der Waals surface area contributed by atoms with Crippen molar-refractivity contribution in [2.45, 2.75) is 25.3 Å². The standard InChI is InChI=1S/C12H16N2O2/c15-12(16)11-2-1-8-14(11)9-5-10-3-6-13-7-4-10/h3-4,6-7,11H,1-2,5,8-9H2,(H,15,16). The molecule has 1 saturated heterocycles. The SMILES string of the molecule is O=C(O)C1CCCN1CCc1ccncc1. The summed E-state index contributed by atoms with van der Waals surface area (Å²) in [5, 5.41) is 9.03. The molecule has 0 spiro atoms. The molecule has 0 amide bonds. The molecule has 1 N–H and O–H groups in total. The number of rotatable bonds is 4. The smallest absolute Gasteiger partial charge is 0.320 e. The Morgan fingerprint density at radius 2 is 2.25 bits per heavy atom. The molecule has 0 aliphatic carbocycles. The van der Waals surface area contributed by atoms with Crippen molar-refractivity contribution in [1.29, 1.82) is 0 Å². The summed E-state index contributed by atoms with van der Waals surface area (Å²) in [6, 6.07) is 3.68. The Hall–Kier alpha value is -1.42. The first kappa shape index (κ1) is 11.1. The summed E-state index contributed by atoms with van der Waals surface area (Å²) < 4.78 is 0. The molecule has 1 aromatic rings. The second-order valence-electron chi connectivity index (χ2n) is 4.14. The van der Waals surface area contributed by atoms with Crippen molar-refractivity contribution >= 4 is 5.97 Å². The van der Waals surface area contributed by atoms with E-state index in [0.717, 1.165) is 32.4 Å². The lowest BCUT2D eigenvalue weighted by Gasteiger charge is -2.20. The number of aromatic nitrogens is 1. The van der Waals surface area contributed by atoms with Crippen LogP contribution >= 0.6 is 0 Å². The zero-order valence-corrected chi connectivity index (χ0v) is 9.17. The fourth-order valence-electron chi connectivity index (χ4n) is 2.20. The first-order valence-corrected chi connectivity index (χ1v) is 5.63. The number of hydrogen-bond acceptors (Lipinski definition) is 3. The minimum absolute atomic E-state index is 0.276. The van der Waals surface area contributed by atoms with Gasteiger partial charge >= 0.3 is 5.97 Å². The molecule has 4 nitrogen and oxygen atoms in total. The van der Waals surface area contributed by atoms with E-state index >= 15 is 0 Å². The average molecular weight is 220 g/mol. The van der Waals surface area contributed by atoms with Crippen LogP contribution in [0.2, 0.25) is 0 Å². The van der Waals surface area contributed by atoms with Gasteiger partial charge in [0.15, 0.2) is 0 Å². The Balaban J connectivity index is 1.88. The molecule has 2 heterocycles. The minimum atomic E-state index is -0.688. The molecule has 4 heteroatoms. The first-order valence-electron chi connectivity index (χ1n) is 5.63. The van der Waals surface area contributed by atoms with Gasteiger partial charge in [-0.25, -0.2) is 0 Å². The lowest BCUT2D eigenvalue weighted by molar-refractivity contribution is -0.142. The van der Waals surface area contributed by atoms with Crippen molar-refractivity contribution in [3.8, 4) is 0 Å². The van der Waals surface area contributed by atoms with E-state index in [-0.39, 0.29) is 6.04 Å². The van der Waals surface area contributed by atoms with Crippen LogP contribution in [-0.4, -0.2) is 40.1 Å². The number of carboxylic acids is 1. The fraction of sp³-hybridized carbons (Fsp3) is 0.500. The molecule has 1 aromatic heterocycles. The third kappa shape index (κ3) is 2.58. The van der Waals surface area contributed by atoms with Crippen LogP contribution in [0.25, 0.3) is 0 Å². The summed E-state index contributed by atoms with van der Waals surface area (Å²) >= 11 is 0. The predicted molar refractivity (Wildman–Crippen MR) is 60.2 cm³/mol. The van der Waals surface area contributed by atoms with Gasteiger partial charge in [-0.3, -0.25) is 14.7 Å². The summed E-state index contributed by atoms with van der Waals surface area (Å²) in [7, 11) is 0. The Labute approximate surface area is 94.9 Å². The van der Waals surface area contributed by atoms with Gasteiger partial charge in [-0.05, 0) is 43.5 Å². The van der Waals surface area contributed by atoms with Crippen LogP contribution < -0.4 is 0 Å². The zero-order chi connectivity index (χ0) is 11.4. The summed E-state index contributed by atoms with van der Waals surface area (Å²) in [6.45, 7) is 1.73. The molecule has 0 radical (unpaired) electrons. The van der Waals surface area contributed by atoms with E-state index in [1.807, 2.05) is 12.1 Å². The number of aliphatic carboxylic acids is 1. The van der Waals surface area contributed by atoms with Crippen LogP contribution in [0.15, 0.2) is 24.5 Å². The molecule has 1 atom stereocenters. The number of hydrogen-bond donors (Lipinski definition) is 1. The van der Waals surface area contributed by atoms with Crippen LogP contribution in [0.3, 0.4) is 0 Å². The topological polar surface area (TPSA) is 53.4 Å². The Morgan fingerprint density at radius 3 is 2.94 bits per heavy atom. The van der Waals surface area contributed by atoms with Crippen molar-refractivity contribution in [1.82, 2.24) is 9.88 Å². The van der Waals surface area contributed by atoms with Crippen molar-refractivity contribution in [2.24, 2.45) is 0 Å². The Kier molecular flexibility index (Phi) is 3.51. The Bertz CT molecular complexity index is 353. The monoisotopic (exact) mass is 220 g/mol. The third-order valence-electron chi connectivity index (χ3n) is 3.09. The van der Waals surface area contributed by atoms with Crippen molar-refractivity contribution in [3.05, 3.63) is 30.1 Å². The van der Waals surface area contributed by atoms with Gasteiger partial charge in [0, 0.05) is 18.9 Å².